The van der Waals surface area contributed by atoms with E-state index in [0.717, 1.165) is 11.6 Å². The molecule has 0 aliphatic heterocycles. The molecule has 8 heteroatoms. The SMILES string of the molecule is O=C(NOCc1ccccc1)c1ccc(C(F)(F)F)[nH]c1=O. The summed E-state index contributed by atoms with van der Waals surface area (Å²) >= 11 is 0. The van der Waals surface area contributed by atoms with E-state index in [1.165, 1.54) is 0 Å². The lowest BCUT2D eigenvalue weighted by Crippen LogP contribution is -2.30. The lowest BCUT2D eigenvalue weighted by molar-refractivity contribution is -0.141. The molecule has 5 nitrogen and oxygen atoms in total. The summed E-state index contributed by atoms with van der Waals surface area (Å²) in [5.74, 6) is -0.925. The van der Waals surface area contributed by atoms with Gasteiger partial charge in [0.05, 0.1) is 6.61 Å². The van der Waals surface area contributed by atoms with Crippen molar-refractivity contribution in [2.75, 3.05) is 0 Å². The smallest absolute Gasteiger partial charge is 0.318 e. The van der Waals surface area contributed by atoms with Crippen LogP contribution >= 0.6 is 0 Å². The molecule has 0 unspecified atom stereocenters. The molecular formula is C14H11F3N2O3. The van der Waals surface area contributed by atoms with Gasteiger partial charge in [-0.3, -0.25) is 14.4 Å². The highest BCUT2D eigenvalue weighted by molar-refractivity contribution is 5.93. The minimum atomic E-state index is -4.68. The van der Waals surface area contributed by atoms with Gasteiger partial charge in [0.2, 0.25) is 0 Å². The van der Waals surface area contributed by atoms with Crippen molar-refractivity contribution >= 4 is 5.91 Å². The zero-order valence-electron chi connectivity index (χ0n) is 11.1. The molecule has 2 N–H and O–H groups in total. The lowest BCUT2D eigenvalue weighted by Gasteiger charge is -2.08. The normalized spacial score (nSPS) is 11.2. The first kappa shape index (κ1) is 15.8. The first-order valence-electron chi connectivity index (χ1n) is 6.14. The van der Waals surface area contributed by atoms with Crippen molar-refractivity contribution in [3.05, 3.63) is 69.6 Å². The molecule has 0 saturated carbocycles. The van der Waals surface area contributed by atoms with Gasteiger partial charge in [0.25, 0.3) is 11.5 Å². The van der Waals surface area contributed by atoms with Gasteiger partial charge in [0, 0.05) is 0 Å². The van der Waals surface area contributed by atoms with Crippen LogP contribution < -0.4 is 11.0 Å². The quantitative estimate of drug-likeness (QED) is 0.851. The number of carbonyl (C=O) groups is 1. The third-order valence-electron chi connectivity index (χ3n) is 2.71. The number of hydrogen-bond acceptors (Lipinski definition) is 3. The molecule has 1 heterocycles. The summed E-state index contributed by atoms with van der Waals surface area (Å²) in [5, 5.41) is 0. The second-order valence-corrected chi connectivity index (χ2v) is 4.32. The van der Waals surface area contributed by atoms with Crippen LogP contribution in [-0.2, 0) is 17.6 Å². The van der Waals surface area contributed by atoms with E-state index in [1.807, 2.05) is 11.5 Å². The zero-order chi connectivity index (χ0) is 16.2. The number of carbonyl (C=O) groups excluding carboxylic acids is 1. The third-order valence-corrected chi connectivity index (χ3v) is 2.71. The van der Waals surface area contributed by atoms with E-state index in [-0.39, 0.29) is 6.61 Å². The van der Waals surface area contributed by atoms with Crippen molar-refractivity contribution in [1.29, 1.82) is 0 Å². The number of benzene rings is 1. The molecule has 1 amide bonds. The van der Waals surface area contributed by atoms with Gasteiger partial charge in [-0.15, -0.1) is 0 Å². The van der Waals surface area contributed by atoms with Crippen LogP contribution in [-0.4, -0.2) is 10.9 Å². The lowest BCUT2D eigenvalue weighted by atomic mass is 10.2. The second-order valence-electron chi connectivity index (χ2n) is 4.32. The van der Waals surface area contributed by atoms with E-state index in [4.69, 9.17) is 4.84 Å². The van der Waals surface area contributed by atoms with Crippen LogP contribution in [0.5, 0.6) is 0 Å². The van der Waals surface area contributed by atoms with E-state index in [2.05, 4.69) is 0 Å². The Bertz CT molecular complexity index is 711. The predicted molar refractivity (Wildman–Crippen MR) is 70.8 cm³/mol. The first-order chi connectivity index (χ1) is 10.4. The number of alkyl halides is 3. The van der Waals surface area contributed by atoms with Gasteiger partial charge in [0.15, 0.2) is 0 Å². The topological polar surface area (TPSA) is 71.2 Å². The molecule has 0 radical (unpaired) electrons. The fourth-order valence-electron chi connectivity index (χ4n) is 1.63. The highest BCUT2D eigenvalue weighted by Crippen LogP contribution is 2.26. The molecule has 0 aliphatic carbocycles. The molecule has 116 valence electrons. The molecule has 0 aliphatic rings. The minimum Gasteiger partial charge on any atom is -0.318 e. The van der Waals surface area contributed by atoms with Gasteiger partial charge in [-0.1, -0.05) is 30.3 Å². The summed E-state index contributed by atoms with van der Waals surface area (Å²) < 4.78 is 37.2. The van der Waals surface area contributed by atoms with Crippen molar-refractivity contribution < 1.29 is 22.8 Å². The van der Waals surface area contributed by atoms with Crippen LogP contribution in [0.3, 0.4) is 0 Å². The summed E-state index contributed by atoms with van der Waals surface area (Å²) in [7, 11) is 0. The highest BCUT2D eigenvalue weighted by atomic mass is 19.4. The molecule has 0 bridgehead atoms. The Hall–Kier alpha value is -2.61. The summed E-state index contributed by atoms with van der Waals surface area (Å²) in [4.78, 5) is 29.7. The Labute approximate surface area is 122 Å². The van der Waals surface area contributed by atoms with Crippen molar-refractivity contribution in [3.8, 4) is 0 Å². The van der Waals surface area contributed by atoms with Crippen LogP contribution in [0.4, 0.5) is 13.2 Å². The Balaban J connectivity index is 2.00. The Morgan fingerprint density at radius 2 is 1.82 bits per heavy atom. The van der Waals surface area contributed by atoms with Gasteiger partial charge >= 0.3 is 6.18 Å². The standard InChI is InChI=1S/C14H11F3N2O3/c15-14(16,17)11-7-6-10(12(20)18-11)13(21)19-22-8-9-4-2-1-3-5-9/h1-7H,8H2,(H,18,20)(H,19,21). The Kier molecular flexibility index (Phi) is 4.62. The maximum atomic E-state index is 12.4. The van der Waals surface area contributed by atoms with Crippen molar-refractivity contribution in [2.24, 2.45) is 0 Å². The monoisotopic (exact) mass is 312 g/mol. The number of amides is 1. The van der Waals surface area contributed by atoms with E-state index < -0.39 is 28.9 Å². The highest BCUT2D eigenvalue weighted by Gasteiger charge is 2.32. The number of rotatable bonds is 4. The van der Waals surface area contributed by atoms with E-state index in [9.17, 15) is 22.8 Å². The first-order valence-corrected chi connectivity index (χ1v) is 6.14. The number of halogens is 3. The van der Waals surface area contributed by atoms with Crippen LogP contribution in [0.25, 0.3) is 0 Å². The number of hydrogen-bond donors (Lipinski definition) is 2. The van der Waals surface area contributed by atoms with Gasteiger partial charge < -0.3 is 4.98 Å². The zero-order valence-corrected chi connectivity index (χ0v) is 11.1. The maximum absolute atomic E-state index is 12.4. The summed E-state index contributed by atoms with van der Waals surface area (Å²) in [6.45, 7) is 0.0606. The predicted octanol–water partition coefficient (Wildman–Crippen LogP) is 2.26. The van der Waals surface area contributed by atoms with Crippen LogP contribution in [0.15, 0.2) is 47.3 Å². The summed E-state index contributed by atoms with van der Waals surface area (Å²) in [6, 6.07) is 10.3. The maximum Gasteiger partial charge on any atom is 0.431 e. The third kappa shape index (κ3) is 3.95. The molecular weight excluding hydrogens is 301 g/mol. The van der Waals surface area contributed by atoms with Crippen LogP contribution in [0.2, 0.25) is 0 Å². The van der Waals surface area contributed by atoms with E-state index in [0.29, 0.717) is 6.07 Å². The van der Waals surface area contributed by atoms with Gasteiger partial charge in [-0.05, 0) is 17.7 Å². The number of pyridine rings is 1. The van der Waals surface area contributed by atoms with Crippen LogP contribution in [0.1, 0.15) is 21.6 Å². The number of aromatic amines is 1. The van der Waals surface area contributed by atoms with Crippen molar-refractivity contribution in [2.45, 2.75) is 12.8 Å². The van der Waals surface area contributed by atoms with E-state index >= 15 is 0 Å². The Morgan fingerprint density at radius 3 is 2.41 bits per heavy atom. The minimum absolute atomic E-state index is 0.0606. The number of nitrogens with one attached hydrogen (secondary N) is 2. The average Bonchev–Trinajstić information content (AvgIpc) is 2.47. The molecule has 1 aromatic carbocycles. The summed E-state index contributed by atoms with van der Waals surface area (Å²) in [6.07, 6.45) is -4.68. The van der Waals surface area contributed by atoms with Gasteiger partial charge in [-0.2, -0.15) is 13.2 Å². The van der Waals surface area contributed by atoms with Crippen molar-refractivity contribution in [1.82, 2.24) is 10.5 Å². The van der Waals surface area contributed by atoms with Crippen molar-refractivity contribution in [3.63, 3.8) is 0 Å². The molecule has 0 fully saturated rings. The fourth-order valence-corrected chi connectivity index (χ4v) is 1.63. The Morgan fingerprint density at radius 1 is 1.14 bits per heavy atom. The molecule has 22 heavy (non-hydrogen) atoms. The number of hydroxylamine groups is 1. The largest absolute Gasteiger partial charge is 0.431 e. The number of aromatic nitrogens is 1. The molecule has 0 atom stereocenters. The van der Waals surface area contributed by atoms with Gasteiger partial charge in [0.1, 0.15) is 11.3 Å². The molecule has 0 saturated heterocycles. The average molecular weight is 312 g/mol. The van der Waals surface area contributed by atoms with E-state index in [1.54, 1.807) is 29.2 Å². The van der Waals surface area contributed by atoms with Gasteiger partial charge in [-0.25, -0.2) is 5.48 Å². The molecule has 2 aromatic rings. The fraction of sp³-hybridized carbons (Fsp3) is 0.143. The molecule has 0 spiro atoms. The number of H-pyrrole nitrogens is 1. The van der Waals surface area contributed by atoms with Crippen LogP contribution in [0, 0.1) is 0 Å². The molecule has 2 rings (SSSR count). The second kappa shape index (κ2) is 6.44. The molecule has 1 aromatic heterocycles. The summed E-state index contributed by atoms with van der Waals surface area (Å²) in [5.41, 5.74) is -0.0492.